The first kappa shape index (κ1) is 19.1. The fraction of sp³-hybridized carbons (Fsp3) is 0.588. The van der Waals surface area contributed by atoms with Gasteiger partial charge < -0.3 is 14.6 Å². The molecular formula is C17H24O6. The number of hydrogen-bond acceptors (Lipinski definition) is 6. The summed E-state index contributed by atoms with van der Waals surface area (Å²) in [7, 11) is 0. The highest BCUT2D eigenvalue weighted by Gasteiger charge is 2.42. The minimum absolute atomic E-state index is 0.0795. The average Bonchev–Trinajstić information content (AvgIpc) is 2.47. The van der Waals surface area contributed by atoms with Gasteiger partial charge in [-0.3, -0.25) is 9.59 Å². The Kier molecular flexibility index (Phi) is 6.69. The van der Waals surface area contributed by atoms with Crippen LogP contribution in [0.3, 0.4) is 0 Å². The first-order chi connectivity index (χ1) is 10.7. The van der Waals surface area contributed by atoms with Gasteiger partial charge in [0.25, 0.3) is 0 Å². The van der Waals surface area contributed by atoms with Crippen LogP contribution in [0.2, 0.25) is 0 Å². The minimum Gasteiger partial charge on any atom is -0.461 e. The van der Waals surface area contributed by atoms with Crippen LogP contribution in [0.5, 0.6) is 0 Å². The summed E-state index contributed by atoms with van der Waals surface area (Å²) in [5.74, 6) is -2.16. The quantitative estimate of drug-likeness (QED) is 0.610. The lowest BCUT2D eigenvalue weighted by Crippen LogP contribution is -2.46. The van der Waals surface area contributed by atoms with E-state index in [1.54, 1.807) is 19.9 Å². The number of Topliss-reactive ketones (excluding diaryl/α,β-unsaturated/α-hetero) is 1. The maximum atomic E-state index is 12.2. The van der Waals surface area contributed by atoms with Gasteiger partial charge in [0, 0.05) is 24.0 Å². The van der Waals surface area contributed by atoms with E-state index in [2.05, 4.69) is 0 Å². The molecule has 0 heterocycles. The zero-order valence-electron chi connectivity index (χ0n) is 14.2. The Bertz CT molecular complexity index is 543. The lowest BCUT2D eigenvalue weighted by atomic mass is 9.77. The lowest BCUT2D eigenvalue weighted by Gasteiger charge is -2.35. The SMILES string of the molecule is CC=C(C)C(=O)OC1C=C(COC(C)=O)C(=O)C(O)C1C(C)C. The number of aliphatic hydroxyl groups is 1. The van der Waals surface area contributed by atoms with Crippen molar-refractivity contribution in [3.8, 4) is 0 Å². The molecule has 0 spiro atoms. The smallest absolute Gasteiger partial charge is 0.333 e. The van der Waals surface area contributed by atoms with E-state index < -0.39 is 35.8 Å². The van der Waals surface area contributed by atoms with Crippen LogP contribution in [-0.2, 0) is 23.9 Å². The third-order valence-corrected chi connectivity index (χ3v) is 3.89. The predicted octanol–water partition coefficient (Wildman–Crippen LogP) is 1.57. The van der Waals surface area contributed by atoms with E-state index >= 15 is 0 Å². The molecule has 0 saturated carbocycles. The van der Waals surface area contributed by atoms with Crippen molar-refractivity contribution in [2.75, 3.05) is 6.61 Å². The molecule has 3 atom stereocenters. The zero-order chi connectivity index (χ0) is 17.7. The van der Waals surface area contributed by atoms with Gasteiger partial charge in [0.15, 0.2) is 5.78 Å². The summed E-state index contributed by atoms with van der Waals surface area (Å²) in [5.41, 5.74) is 0.578. The third kappa shape index (κ3) is 4.76. The Balaban J connectivity index is 3.09. The summed E-state index contributed by atoms with van der Waals surface area (Å²) < 4.78 is 10.3. The second-order valence-corrected chi connectivity index (χ2v) is 5.94. The summed E-state index contributed by atoms with van der Waals surface area (Å²) in [6, 6.07) is 0. The van der Waals surface area contributed by atoms with E-state index in [1.165, 1.54) is 13.0 Å². The van der Waals surface area contributed by atoms with Crippen molar-refractivity contribution in [1.29, 1.82) is 0 Å². The number of carbonyl (C=O) groups is 3. The van der Waals surface area contributed by atoms with Gasteiger partial charge in [-0.1, -0.05) is 19.9 Å². The van der Waals surface area contributed by atoms with E-state index in [-0.39, 0.29) is 18.1 Å². The fourth-order valence-electron chi connectivity index (χ4n) is 2.43. The van der Waals surface area contributed by atoms with Gasteiger partial charge in [0.1, 0.15) is 18.8 Å². The maximum Gasteiger partial charge on any atom is 0.333 e. The molecular weight excluding hydrogens is 300 g/mol. The van der Waals surface area contributed by atoms with Crippen molar-refractivity contribution in [3.63, 3.8) is 0 Å². The first-order valence-electron chi connectivity index (χ1n) is 7.59. The van der Waals surface area contributed by atoms with Crippen molar-refractivity contribution in [1.82, 2.24) is 0 Å². The standard InChI is InChI=1S/C17H24O6/c1-6-10(4)17(21)23-13-7-12(8-22-11(5)18)15(19)16(20)14(13)9(2)3/h6-7,9,13-14,16,20H,8H2,1-5H3. The summed E-state index contributed by atoms with van der Waals surface area (Å²) in [4.78, 5) is 35.1. The lowest BCUT2D eigenvalue weighted by molar-refractivity contribution is -0.152. The van der Waals surface area contributed by atoms with Crippen LogP contribution in [0.4, 0.5) is 0 Å². The normalized spacial score (nSPS) is 25.2. The van der Waals surface area contributed by atoms with Gasteiger partial charge in [-0.15, -0.1) is 0 Å². The van der Waals surface area contributed by atoms with Gasteiger partial charge in [0.05, 0.1) is 0 Å². The van der Waals surface area contributed by atoms with Gasteiger partial charge in [-0.2, -0.15) is 0 Å². The molecule has 0 saturated heterocycles. The van der Waals surface area contributed by atoms with Crippen LogP contribution in [0.15, 0.2) is 23.3 Å². The Morgan fingerprint density at radius 2 is 1.96 bits per heavy atom. The third-order valence-electron chi connectivity index (χ3n) is 3.89. The summed E-state index contributed by atoms with van der Waals surface area (Å²) in [6.45, 7) is 8.02. The Morgan fingerprint density at radius 1 is 1.35 bits per heavy atom. The Hall–Kier alpha value is -1.95. The number of esters is 2. The number of ketones is 1. The highest BCUT2D eigenvalue weighted by Crippen LogP contribution is 2.31. The largest absolute Gasteiger partial charge is 0.461 e. The Labute approximate surface area is 136 Å². The van der Waals surface area contributed by atoms with Gasteiger partial charge in [-0.25, -0.2) is 4.79 Å². The molecule has 0 radical (unpaired) electrons. The van der Waals surface area contributed by atoms with Crippen molar-refractivity contribution in [2.45, 2.75) is 46.8 Å². The van der Waals surface area contributed by atoms with Crippen LogP contribution >= 0.6 is 0 Å². The van der Waals surface area contributed by atoms with Crippen LogP contribution in [0, 0.1) is 11.8 Å². The number of hydrogen-bond donors (Lipinski definition) is 1. The molecule has 0 aromatic rings. The first-order valence-corrected chi connectivity index (χ1v) is 7.59. The number of ether oxygens (including phenoxy) is 2. The van der Waals surface area contributed by atoms with Crippen molar-refractivity contribution < 1.29 is 29.0 Å². The summed E-state index contributed by atoms with van der Waals surface area (Å²) in [6.07, 6.45) is 1.05. The van der Waals surface area contributed by atoms with Crippen molar-refractivity contribution in [3.05, 3.63) is 23.3 Å². The number of allylic oxidation sites excluding steroid dienone is 1. The molecule has 0 aromatic heterocycles. The average molecular weight is 324 g/mol. The van der Waals surface area contributed by atoms with Gasteiger partial charge in [-0.05, 0) is 25.8 Å². The van der Waals surface area contributed by atoms with Gasteiger partial charge >= 0.3 is 11.9 Å². The summed E-state index contributed by atoms with van der Waals surface area (Å²) >= 11 is 0. The highest BCUT2D eigenvalue weighted by molar-refractivity contribution is 6.00. The second kappa shape index (κ2) is 8.06. The molecule has 0 aromatic carbocycles. The molecule has 1 aliphatic rings. The van der Waals surface area contributed by atoms with E-state index in [9.17, 15) is 19.5 Å². The van der Waals surface area contributed by atoms with Gasteiger partial charge in [0.2, 0.25) is 0 Å². The van der Waals surface area contributed by atoms with Crippen LogP contribution in [0.25, 0.3) is 0 Å². The molecule has 0 bridgehead atoms. The summed E-state index contributed by atoms with van der Waals surface area (Å²) in [5, 5.41) is 10.3. The van der Waals surface area contributed by atoms with E-state index in [1.807, 2.05) is 13.8 Å². The molecule has 3 unspecified atom stereocenters. The molecule has 0 fully saturated rings. The van der Waals surface area contributed by atoms with Crippen LogP contribution in [-0.4, -0.2) is 41.6 Å². The molecule has 128 valence electrons. The van der Waals surface area contributed by atoms with Crippen LogP contribution in [0.1, 0.15) is 34.6 Å². The monoisotopic (exact) mass is 324 g/mol. The Morgan fingerprint density at radius 3 is 2.43 bits per heavy atom. The molecule has 0 aliphatic heterocycles. The molecule has 0 amide bonds. The highest BCUT2D eigenvalue weighted by atomic mass is 16.5. The predicted molar refractivity (Wildman–Crippen MR) is 83.4 cm³/mol. The zero-order valence-corrected chi connectivity index (χ0v) is 14.2. The van der Waals surface area contributed by atoms with Crippen LogP contribution < -0.4 is 0 Å². The number of aliphatic hydroxyl groups excluding tert-OH is 1. The van der Waals surface area contributed by atoms with E-state index in [4.69, 9.17) is 9.47 Å². The topological polar surface area (TPSA) is 89.9 Å². The maximum absolute atomic E-state index is 12.2. The minimum atomic E-state index is -1.30. The van der Waals surface area contributed by atoms with Crippen molar-refractivity contribution >= 4 is 17.7 Å². The number of rotatable bonds is 5. The molecule has 1 aliphatic carbocycles. The fourth-order valence-corrected chi connectivity index (χ4v) is 2.43. The van der Waals surface area contributed by atoms with Crippen molar-refractivity contribution in [2.24, 2.45) is 11.8 Å². The van der Waals surface area contributed by atoms with E-state index in [0.717, 1.165) is 0 Å². The molecule has 23 heavy (non-hydrogen) atoms. The molecule has 6 nitrogen and oxygen atoms in total. The second-order valence-electron chi connectivity index (χ2n) is 5.94. The molecule has 1 rings (SSSR count). The molecule has 1 N–H and O–H groups in total. The number of carbonyl (C=O) groups excluding carboxylic acids is 3. The molecule has 6 heteroatoms. The van der Waals surface area contributed by atoms with E-state index in [0.29, 0.717) is 5.57 Å².